The van der Waals surface area contributed by atoms with Crippen molar-refractivity contribution in [3.05, 3.63) is 51.8 Å². The minimum absolute atomic E-state index is 0.0574. The van der Waals surface area contributed by atoms with Crippen LogP contribution in [0.4, 0.5) is 5.69 Å². The van der Waals surface area contributed by atoms with E-state index in [0.717, 1.165) is 5.69 Å². The molecule has 20 heavy (non-hydrogen) atoms. The van der Waals surface area contributed by atoms with Gasteiger partial charge in [0.05, 0.1) is 11.5 Å². The van der Waals surface area contributed by atoms with Crippen molar-refractivity contribution in [1.29, 1.82) is 0 Å². The highest BCUT2D eigenvalue weighted by Gasteiger charge is 2.15. The Morgan fingerprint density at radius 1 is 1.45 bits per heavy atom. The van der Waals surface area contributed by atoms with Crippen LogP contribution in [0.15, 0.2) is 30.5 Å². The minimum Gasteiger partial charge on any atom is -0.486 e. The van der Waals surface area contributed by atoms with Crippen LogP contribution in [-0.4, -0.2) is 21.3 Å². The molecule has 0 fully saturated rings. The van der Waals surface area contributed by atoms with Crippen molar-refractivity contribution in [3.63, 3.8) is 0 Å². The maximum atomic E-state index is 11.0. The van der Waals surface area contributed by atoms with Gasteiger partial charge in [-0.15, -0.1) is 0 Å². The molecule has 0 saturated carbocycles. The summed E-state index contributed by atoms with van der Waals surface area (Å²) in [6.07, 6.45) is 2.33. The zero-order valence-corrected chi connectivity index (χ0v) is 11.2. The molecule has 0 amide bonds. The lowest BCUT2D eigenvalue weighted by Crippen LogP contribution is -2.07. The Balaban J connectivity index is 2.05. The van der Waals surface area contributed by atoms with Gasteiger partial charge in [0.25, 0.3) is 0 Å². The molecule has 0 aliphatic rings. The summed E-state index contributed by atoms with van der Waals surface area (Å²) in [5.41, 5.74) is 7.13. The highest BCUT2D eigenvalue weighted by molar-refractivity contribution is 5.48. The number of nitrogens with two attached hydrogens (primary N) is 1. The van der Waals surface area contributed by atoms with Gasteiger partial charge in [-0.25, -0.2) is 0 Å². The third kappa shape index (κ3) is 3.12. The molecule has 0 aliphatic carbocycles. The van der Waals surface area contributed by atoms with E-state index in [-0.39, 0.29) is 18.0 Å². The first-order chi connectivity index (χ1) is 9.61. The molecule has 2 aromatic rings. The van der Waals surface area contributed by atoms with Crippen molar-refractivity contribution in [1.82, 2.24) is 9.78 Å². The van der Waals surface area contributed by atoms with E-state index in [1.807, 2.05) is 13.1 Å². The Labute approximate surface area is 116 Å². The van der Waals surface area contributed by atoms with Crippen LogP contribution >= 0.6 is 0 Å². The molecule has 2 rings (SSSR count). The van der Waals surface area contributed by atoms with Crippen molar-refractivity contribution >= 4 is 5.69 Å². The second-order valence-electron chi connectivity index (χ2n) is 4.31. The van der Waals surface area contributed by atoms with E-state index in [0.29, 0.717) is 18.6 Å². The number of ether oxygens (including phenoxy) is 1. The highest BCUT2D eigenvalue weighted by Crippen LogP contribution is 2.27. The van der Waals surface area contributed by atoms with Gasteiger partial charge < -0.3 is 10.5 Å². The predicted molar refractivity (Wildman–Crippen MR) is 73.4 cm³/mol. The van der Waals surface area contributed by atoms with Gasteiger partial charge in [0.2, 0.25) is 0 Å². The van der Waals surface area contributed by atoms with Crippen LogP contribution in [0, 0.1) is 10.1 Å². The van der Waals surface area contributed by atoms with Crippen LogP contribution < -0.4 is 10.5 Å². The molecular weight excluding hydrogens is 260 g/mol. The number of nitrogens with zero attached hydrogens (tertiary/aromatic N) is 3. The summed E-state index contributed by atoms with van der Waals surface area (Å²) in [6.45, 7) is 0.610. The van der Waals surface area contributed by atoms with E-state index in [2.05, 4.69) is 5.10 Å². The number of aryl methyl sites for hydroxylation is 1. The van der Waals surface area contributed by atoms with Gasteiger partial charge in [0, 0.05) is 38.0 Å². The Hall–Kier alpha value is -2.41. The predicted octanol–water partition coefficient (Wildman–Crippen LogP) is 1.41. The molecule has 7 heteroatoms. The number of aromatic nitrogens is 2. The number of hydrogen-bond acceptors (Lipinski definition) is 5. The van der Waals surface area contributed by atoms with Crippen LogP contribution in [-0.2, 0) is 20.0 Å². The Morgan fingerprint density at radius 2 is 2.25 bits per heavy atom. The third-order valence-electron chi connectivity index (χ3n) is 2.99. The van der Waals surface area contributed by atoms with Gasteiger partial charge >= 0.3 is 5.69 Å². The lowest BCUT2D eigenvalue weighted by atomic mass is 10.2. The molecule has 7 nitrogen and oxygen atoms in total. The van der Waals surface area contributed by atoms with Crippen molar-refractivity contribution in [3.8, 4) is 5.75 Å². The number of nitro benzene ring substituents is 1. The van der Waals surface area contributed by atoms with Gasteiger partial charge in [0.1, 0.15) is 0 Å². The fraction of sp³-hybridized carbons (Fsp3) is 0.308. The zero-order chi connectivity index (χ0) is 14.5. The Morgan fingerprint density at radius 3 is 2.85 bits per heavy atom. The zero-order valence-electron chi connectivity index (χ0n) is 11.2. The van der Waals surface area contributed by atoms with Crippen LogP contribution in [0.2, 0.25) is 0 Å². The fourth-order valence-corrected chi connectivity index (χ4v) is 1.87. The van der Waals surface area contributed by atoms with Crippen molar-refractivity contribution in [2.75, 3.05) is 6.61 Å². The third-order valence-corrected chi connectivity index (χ3v) is 2.99. The van der Waals surface area contributed by atoms with Crippen molar-refractivity contribution < 1.29 is 9.66 Å². The molecule has 106 valence electrons. The maximum Gasteiger partial charge on any atom is 0.311 e. The van der Waals surface area contributed by atoms with E-state index >= 15 is 0 Å². The molecule has 2 N–H and O–H groups in total. The van der Waals surface area contributed by atoms with Gasteiger partial charge in [-0.2, -0.15) is 5.10 Å². The van der Waals surface area contributed by atoms with Crippen LogP contribution in [0.1, 0.15) is 11.3 Å². The fourth-order valence-electron chi connectivity index (χ4n) is 1.87. The van der Waals surface area contributed by atoms with Crippen molar-refractivity contribution in [2.24, 2.45) is 12.8 Å². The molecule has 0 radical (unpaired) electrons. The first kappa shape index (κ1) is 14.0. The van der Waals surface area contributed by atoms with E-state index in [9.17, 15) is 10.1 Å². The number of hydrogen-bond donors (Lipinski definition) is 1. The standard InChI is InChI=1S/C13H16N4O3/c1-16-11(4-6-15-16)5-7-20-13-3-2-10(9-14)8-12(13)17(18)19/h2-4,6,8H,5,7,9,14H2,1H3. The summed E-state index contributed by atoms with van der Waals surface area (Å²) >= 11 is 0. The van der Waals surface area contributed by atoms with E-state index in [4.69, 9.17) is 10.5 Å². The molecule has 0 unspecified atom stereocenters. The topological polar surface area (TPSA) is 96.2 Å². The molecule has 0 aliphatic heterocycles. The van der Waals surface area contributed by atoms with Gasteiger partial charge in [-0.1, -0.05) is 6.07 Å². The molecule has 0 spiro atoms. The van der Waals surface area contributed by atoms with Crippen LogP contribution in [0.25, 0.3) is 0 Å². The summed E-state index contributed by atoms with van der Waals surface area (Å²) in [7, 11) is 1.84. The van der Waals surface area contributed by atoms with E-state index in [1.54, 1.807) is 23.0 Å². The first-order valence-corrected chi connectivity index (χ1v) is 6.19. The van der Waals surface area contributed by atoms with Gasteiger partial charge in [-0.05, 0) is 17.7 Å². The summed E-state index contributed by atoms with van der Waals surface area (Å²) in [5, 5.41) is 15.1. The molecule has 0 bridgehead atoms. The summed E-state index contributed by atoms with van der Waals surface area (Å²) in [6, 6.07) is 6.64. The summed E-state index contributed by atoms with van der Waals surface area (Å²) in [4.78, 5) is 10.5. The molecule has 1 aromatic heterocycles. The smallest absolute Gasteiger partial charge is 0.311 e. The average Bonchev–Trinajstić information content (AvgIpc) is 2.84. The summed E-state index contributed by atoms with van der Waals surface area (Å²) in [5.74, 6) is 0.259. The summed E-state index contributed by atoms with van der Waals surface area (Å²) < 4.78 is 7.25. The first-order valence-electron chi connectivity index (χ1n) is 6.19. The lowest BCUT2D eigenvalue weighted by Gasteiger charge is -2.08. The molecular formula is C13H16N4O3. The molecule has 1 heterocycles. The minimum atomic E-state index is -0.460. The van der Waals surface area contributed by atoms with Crippen LogP contribution in [0.5, 0.6) is 5.75 Å². The maximum absolute atomic E-state index is 11.0. The largest absolute Gasteiger partial charge is 0.486 e. The number of rotatable bonds is 6. The molecule has 0 atom stereocenters. The second kappa shape index (κ2) is 6.16. The Kier molecular flexibility index (Phi) is 4.31. The molecule has 1 aromatic carbocycles. The van der Waals surface area contributed by atoms with Crippen molar-refractivity contribution in [2.45, 2.75) is 13.0 Å². The molecule has 0 saturated heterocycles. The Bertz CT molecular complexity index is 609. The number of nitro groups is 1. The quantitative estimate of drug-likeness (QED) is 0.635. The van der Waals surface area contributed by atoms with Crippen LogP contribution in [0.3, 0.4) is 0 Å². The van der Waals surface area contributed by atoms with E-state index in [1.165, 1.54) is 6.07 Å². The number of benzene rings is 1. The lowest BCUT2D eigenvalue weighted by molar-refractivity contribution is -0.385. The monoisotopic (exact) mass is 276 g/mol. The van der Waals surface area contributed by atoms with Gasteiger partial charge in [-0.3, -0.25) is 14.8 Å². The SMILES string of the molecule is Cn1nccc1CCOc1ccc(CN)cc1[N+](=O)[O-]. The van der Waals surface area contributed by atoms with Gasteiger partial charge in [0.15, 0.2) is 5.75 Å². The highest BCUT2D eigenvalue weighted by atomic mass is 16.6. The average molecular weight is 276 g/mol. The second-order valence-corrected chi connectivity index (χ2v) is 4.31. The van der Waals surface area contributed by atoms with E-state index < -0.39 is 4.92 Å². The normalized spacial score (nSPS) is 10.5.